The van der Waals surface area contributed by atoms with E-state index in [0.29, 0.717) is 19.6 Å². The van der Waals surface area contributed by atoms with E-state index in [-0.39, 0.29) is 23.9 Å². The van der Waals surface area contributed by atoms with Gasteiger partial charge in [-0.2, -0.15) is 13.2 Å². The van der Waals surface area contributed by atoms with Crippen LogP contribution in [0.3, 0.4) is 0 Å². The molecule has 0 radical (unpaired) electrons. The normalized spacial score (nSPS) is 20.1. The summed E-state index contributed by atoms with van der Waals surface area (Å²) in [6.07, 6.45) is -0.669. The van der Waals surface area contributed by atoms with Gasteiger partial charge in [-0.3, -0.25) is 9.78 Å². The number of hydrogen-bond donors (Lipinski definition) is 1. The van der Waals surface area contributed by atoms with E-state index in [4.69, 9.17) is 4.74 Å². The van der Waals surface area contributed by atoms with Crippen LogP contribution >= 0.6 is 0 Å². The molecule has 26 heavy (non-hydrogen) atoms. The van der Waals surface area contributed by atoms with Crippen LogP contribution in [0.1, 0.15) is 16.7 Å². The number of nitrogens with zero attached hydrogens (tertiary/aromatic N) is 1. The zero-order chi connectivity index (χ0) is 18.6. The molecule has 0 unspecified atom stereocenters. The lowest BCUT2D eigenvalue weighted by Gasteiger charge is -2.20. The van der Waals surface area contributed by atoms with E-state index in [9.17, 15) is 18.0 Å². The molecule has 1 N–H and O–H groups in total. The molecule has 2 heterocycles. The molecule has 3 rings (SSSR count). The first-order chi connectivity index (χ1) is 12.4. The molecule has 0 bridgehead atoms. The number of hydrogen-bond acceptors (Lipinski definition) is 3. The van der Waals surface area contributed by atoms with Crippen molar-refractivity contribution < 1.29 is 22.7 Å². The molecule has 2 atom stereocenters. The minimum Gasteiger partial charge on any atom is -0.379 e. The summed E-state index contributed by atoms with van der Waals surface area (Å²) in [6.45, 7) is 0.870. The Hall–Kier alpha value is -2.41. The van der Waals surface area contributed by atoms with E-state index in [0.717, 1.165) is 11.6 Å². The third kappa shape index (κ3) is 4.60. The lowest BCUT2D eigenvalue weighted by atomic mass is 9.95. The van der Waals surface area contributed by atoms with Crippen LogP contribution in [0.5, 0.6) is 0 Å². The molecule has 7 heteroatoms. The molecule has 0 spiro atoms. The zero-order valence-electron chi connectivity index (χ0n) is 14.0. The number of ether oxygens (including phenoxy) is 1. The molecule has 1 amide bonds. The van der Waals surface area contributed by atoms with E-state index >= 15 is 0 Å². The number of amides is 1. The van der Waals surface area contributed by atoms with Gasteiger partial charge in [0.25, 0.3) is 0 Å². The molecule has 1 fully saturated rings. The average Bonchev–Trinajstić information content (AvgIpc) is 3.02. The summed E-state index contributed by atoms with van der Waals surface area (Å²) in [5.41, 5.74) is 0.283. The highest BCUT2D eigenvalue weighted by atomic mass is 19.4. The van der Waals surface area contributed by atoms with Crippen molar-refractivity contribution in [1.29, 1.82) is 0 Å². The van der Waals surface area contributed by atoms with Crippen LogP contribution in [0.4, 0.5) is 13.2 Å². The van der Waals surface area contributed by atoms with Gasteiger partial charge in [0, 0.05) is 18.3 Å². The van der Waals surface area contributed by atoms with Crippen LogP contribution < -0.4 is 5.32 Å². The van der Waals surface area contributed by atoms with E-state index in [1.165, 1.54) is 18.2 Å². The van der Waals surface area contributed by atoms with Crippen molar-refractivity contribution >= 4 is 5.91 Å². The molecule has 4 nitrogen and oxygen atoms in total. The third-order valence-corrected chi connectivity index (χ3v) is 4.47. The highest BCUT2D eigenvalue weighted by Crippen LogP contribution is 2.32. The van der Waals surface area contributed by atoms with Crippen LogP contribution in [-0.4, -0.2) is 30.1 Å². The number of aromatic nitrogens is 1. The minimum absolute atomic E-state index is 0.0258. The van der Waals surface area contributed by atoms with Gasteiger partial charge in [-0.15, -0.1) is 0 Å². The number of alkyl halides is 3. The Labute approximate surface area is 149 Å². The van der Waals surface area contributed by atoms with Crippen LogP contribution in [0.2, 0.25) is 0 Å². The number of nitrogens with one attached hydrogen (secondary N) is 1. The van der Waals surface area contributed by atoms with E-state index < -0.39 is 17.6 Å². The van der Waals surface area contributed by atoms with Gasteiger partial charge in [0.05, 0.1) is 31.2 Å². The quantitative estimate of drug-likeness (QED) is 0.887. The number of halogens is 3. The van der Waals surface area contributed by atoms with Gasteiger partial charge in [-0.1, -0.05) is 18.2 Å². The maximum Gasteiger partial charge on any atom is 0.416 e. The van der Waals surface area contributed by atoms with Crippen LogP contribution in [0.15, 0.2) is 48.8 Å². The summed E-state index contributed by atoms with van der Waals surface area (Å²) >= 11 is 0. The molecular formula is C19H19F3N2O2. The molecule has 1 aliphatic heterocycles. The molecule has 2 aromatic rings. The van der Waals surface area contributed by atoms with Crippen molar-refractivity contribution in [3.63, 3.8) is 0 Å². The summed E-state index contributed by atoms with van der Waals surface area (Å²) in [5.74, 6) is -0.351. The summed E-state index contributed by atoms with van der Waals surface area (Å²) in [7, 11) is 0. The summed E-state index contributed by atoms with van der Waals surface area (Å²) in [5, 5.41) is 2.83. The summed E-state index contributed by atoms with van der Waals surface area (Å²) in [4.78, 5) is 16.3. The molecule has 0 aliphatic carbocycles. The van der Waals surface area contributed by atoms with Crippen LogP contribution in [0, 0.1) is 5.92 Å². The Kier molecular flexibility index (Phi) is 5.56. The standard InChI is InChI=1S/C19H19F3N2O2/c20-19(21,22)16-4-2-1-3-14(16)10-18(25)24-17-12-26-11-15(17)9-13-5-7-23-8-6-13/h1-8,15,17H,9-12H2,(H,24,25)/t15-,17-/m1/s1. The zero-order valence-corrected chi connectivity index (χ0v) is 14.0. The summed E-state index contributed by atoms with van der Waals surface area (Å²) < 4.78 is 44.6. The molecule has 1 aromatic carbocycles. The van der Waals surface area contributed by atoms with Gasteiger partial charge in [-0.25, -0.2) is 0 Å². The monoisotopic (exact) mass is 364 g/mol. The largest absolute Gasteiger partial charge is 0.416 e. The van der Waals surface area contributed by atoms with Crippen molar-refractivity contribution in [3.05, 3.63) is 65.5 Å². The minimum atomic E-state index is -4.47. The molecule has 1 aromatic heterocycles. The number of carbonyl (C=O) groups excluding carboxylic acids is 1. The first-order valence-electron chi connectivity index (χ1n) is 8.34. The van der Waals surface area contributed by atoms with Crippen molar-refractivity contribution in [2.24, 2.45) is 5.92 Å². The van der Waals surface area contributed by atoms with Gasteiger partial charge in [0.15, 0.2) is 0 Å². The highest BCUT2D eigenvalue weighted by molar-refractivity contribution is 5.79. The van der Waals surface area contributed by atoms with Crippen molar-refractivity contribution in [1.82, 2.24) is 10.3 Å². The third-order valence-electron chi connectivity index (χ3n) is 4.47. The Morgan fingerprint density at radius 1 is 1.15 bits per heavy atom. The van der Waals surface area contributed by atoms with E-state index in [2.05, 4.69) is 10.3 Å². The van der Waals surface area contributed by atoms with Gasteiger partial charge in [-0.05, 0) is 35.7 Å². The second-order valence-corrected chi connectivity index (χ2v) is 6.36. The number of benzene rings is 1. The molecule has 1 aliphatic rings. The van der Waals surface area contributed by atoms with Crippen molar-refractivity contribution in [2.75, 3.05) is 13.2 Å². The SMILES string of the molecule is O=C(Cc1ccccc1C(F)(F)F)N[C@@H]1COC[C@H]1Cc1ccncc1. The number of pyridine rings is 1. The van der Waals surface area contributed by atoms with Gasteiger partial charge >= 0.3 is 6.18 Å². The molecule has 138 valence electrons. The number of rotatable bonds is 5. The topological polar surface area (TPSA) is 51.2 Å². The van der Waals surface area contributed by atoms with Crippen LogP contribution in [-0.2, 0) is 28.5 Å². The molecule has 0 saturated carbocycles. The first-order valence-corrected chi connectivity index (χ1v) is 8.34. The maximum atomic E-state index is 13.1. The smallest absolute Gasteiger partial charge is 0.379 e. The fourth-order valence-corrected chi connectivity index (χ4v) is 3.16. The number of carbonyl (C=O) groups is 1. The Balaban J connectivity index is 1.63. The lowest BCUT2D eigenvalue weighted by molar-refractivity contribution is -0.138. The Morgan fingerprint density at radius 2 is 1.88 bits per heavy atom. The van der Waals surface area contributed by atoms with Crippen molar-refractivity contribution in [2.45, 2.75) is 25.1 Å². The molecule has 1 saturated heterocycles. The highest BCUT2D eigenvalue weighted by Gasteiger charge is 2.34. The van der Waals surface area contributed by atoms with E-state index in [1.54, 1.807) is 12.4 Å². The van der Waals surface area contributed by atoms with Crippen LogP contribution in [0.25, 0.3) is 0 Å². The predicted octanol–water partition coefficient (Wildman–Crippen LogP) is 3.02. The first kappa shape index (κ1) is 18.4. The van der Waals surface area contributed by atoms with E-state index in [1.807, 2.05) is 12.1 Å². The lowest BCUT2D eigenvalue weighted by Crippen LogP contribution is -2.41. The fourth-order valence-electron chi connectivity index (χ4n) is 3.16. The molecular weight excluding hydrogens is 345 g/mol. The predicted molar refractivity (Wildman–Crippen MR) is 89.3 cm³/mol. The van der Waals surface area contributed by atoms with Gasteiger partial charge in [0.2, 0.25) is 5.91 Å². The average molecular weight is 364 g/mol. The fraction of sp³-hybridized carbons (Fsp3) is 0.368. The summed E-state index contributed by atoms with van der Waals surface area (Å²) in [6, 6.07) is 8.74. The second-order valence-electron chi connectivity index (χ2n) is 6.36. The Bertz CT molecular complexity index is 750. The van der Waals surface area contributed by atoms with Crippen molar-refractivity contribution in [3.8, 4) is 0 Å². The van der Waals surface area contributed by atoms with Gasteiger partial charge < -0.3 is 10.1 Å². The second kappa shape index (κ2) is 7.86. The maximum absolute atomic E-state index is 13.1. The Morgan fingerprint density at radius 3 is 2.62 bits per heavy atom. The van der Waals surface area contributed by atoms with Gasteiger partial charge in [0.1, 0.15) is 0 Å².